The number of nitrogens with one attached hydrogen (secondary N) is 1. The Bertz CT molecular complexity index is 657. The van der Waals surface area contributed by atoms with Crippen molar-refractivity contribution < 1.29 is 9.53 Å². The number of thioether (sulfide) groups is 1. The molecular weight excluding hydrogens is 332 g/mol. The smallest absolute Gasteiger partial charge is 0.240 e. The van der Waals surface area contributed by atoms with Crippen LogP contribution in [-0.2, 0) is 4.79 Å². The highest BCUT2D eigenvalue weighted by Crippen LogP contribution is 2.20. The Morgan fingerprint density at radius 2 is 1.91 bits per heavy atom. The Morgan fingerprint density at radius 3 is 2.57 bits per heavy atom. The van der Waals surface area contributed by atoms with Gasteiger partial charge in [0.25, 0.3) is 0 Å². The average molecular weight is 349 g/mol. The number of hydrogen-bond donors (Lipinski definition) is 1. The van der Waals surface area contributed by atoms with E-state index in [9.17, 15) is 4.79 Å². The molecule has 23 heavy (non-hydrogen) atoms. The summed E-state index contributed by atoms with van der Waals surface area (Å²) in [6.07, 6.45) is 2.00. The van der Waals surface area contributed by atoms with Crippen molar-refractivity contribution in [3.05, 3.63) is 59.1 Å². The van der Waals surface area contributed by atoms with Gasteiger partial charge in [-0.3, -0.25) is 4.79 Å². The predicted molar refractivity (Wildman–Crippen MR) is 95.5 cm³/mol. The van der Waals surface area contributed by atoms with E-state index in [2.05, 4.69) is 10.5 Å². The van der Waals surface area contributed by atoms with Crippen LogP contribution >= 0.6 is 23.4 Å². The quantitative estimate of drug-likeness (QED) is 0.467. The molecule has 0 unspecified atom stereocenters. The van der Waals surface area contributed by atoms with Crippen LogP contribution in [0.5, 0.6) is 5.75 Å². The van der Waals surface area contributed by atoms with Crippen molar-refractivity contribution >= 4 is 35.5 Å². The molecule has 4 nitrogen and oxygen atoms in total. The maximum absolute atomic E-state index is 11.7. The summed E-state index contributed by atoms with van der Waals surface area (Å²) in [5.74, 6) is 1.35. The van der Waals surface area contributed by atoms with Crippen molar-refractivity contribution in [2.75, 3.05) is 12.9 Å². The highest BCUT2D eigenvalue weighted by atomic mass is 35.5. The van der Waals surface area contributed by atoms with E-state index < -0.39 is 0 Å². The number of halogens is 1. The minimum atomic E-state index is -0.115. The monoisotopic (exact) mass is 348 g/mol. The number of carbonyl (C=O) groups excluding carboxylic acids is 1. The number of rotatable bonds is 7. The van der Waals surface area contributed by atoms with E-state index in [1.54, 1.807) is 25.1 Å². The molecule has 120 valence electrons. The first-order valence-corrected chi connectivity index (χ1v) is 8.38. The normalized spacial score (nSPS) is 10.7. The summed E-state index contributed by atoms with van der Waals surface area (Å²) in [7, 11) is 1.62. The third kappa shape index (κ3) is 6.34. The number of methoxy groups -OCH3 is 1. The molecule has 2 aromatic carbocycles. The Balaban J connectivity index is 1.69. The number of amides is 1. The summed E-state index contributed by atoms with van der Waals surface area (Å²) in [4.78, 5) is 12.8. The van der Waals surface area contributed by atoms with Crippen molar-refractivity contribution in [2.24, 2.45) is 5.10 Å². The lowest BCUT2D eigenvalue weighted by Crippen LogP contribution is -2.17. The Labute approximate surface area is 144 Å². The zero-order valence-electron chi connectivity index (χ0n) is 12.7. The largest absolute Gasteiger partial charge is 0.497 e. The van der Waals surface area contributed by atoms with Gasteiger partial charge in [-0.2, -0.15) is 5.10 Å². The van der Waals surface area contributed by atoms with E-state index in [0.29, 0.717) is 17.2 Å². The second kappa shape index (κ2) is 9.22. The molecule has 2 aromatic rings. The number of carbonyl (C=O) groups is 1. The summed E-state index contributed by atoms with van der Waals surface area (Å²) in [5.41, 5.74) is 3.41. The topological polar surface area (TPSA) is 50.7 Å². The molecule has 0 aliphatic rings. The fourth-order valence-corrected chi connectivity index (χ4v) is 2.69. The maximum Gasteiger partial charge on any atom is 0.240 e. The maximum atomic E-state index is 11.7. The zero-order chi connectivity index (χ0) is 16.5. The van der Waals surface area contributed by atoms with Crippen LogP contribution in [0.25, 0.3) is 0 Å². The lowest BCUT2D eigenvalue weighted by atomic mass is 10.2. The third-order valence-corrected chi connectivity index (χ3v) is 4.20. The van der Waals surface area contributed by atoms with E-state index in [4.69, 9.17) is 16.3 Å². The Morgan fingerprint density at radius 1 is 1.22 bits per heavy atom. The van der Waals surface area contributed by atoms with Crippen LogP contribution < -0.4 is 10.2 Å². The predicted octanol–water partition coefficient (Wildman–Crippen LogP) is 3.98. The van der Waals surface area contributed by atoms with Crippen molar-refractivity contribution in [3.63, 3.8) is 0 Å². The second-order valence-electron chi connectivity index (χ2n) is 4.62. The van der Waals surface area contributed by atoms with Gasteiger partial charge in [0.2, 0.25) is 5.91 Å². The van der Waals surface area contributed by atoms with Gasteiger partial charge in [0, 0.05) is 22.1 Å². The average Bonchev–Trinajstić information content (AvgIpc) is 2.57. The van der Waals surface area contributed by atoms with Gasteiger partial charge in [0.05, 0.1) is 13.3 Å². The molecule has 0 fully saturated rings. The Hall–Kier alpha value is -1.98. The van der Waals surface area contributed by atoms with E-state index in [0.717, 1.165) is 16.2 Å². The van der Waals surface area contributed by atoms with Crippen molar-refractivity contribution in [1.29, 1.82) is 0 Å². The molecule has 2 rings (SSSR count). The van der Waals surface area contributed by atoms with Gasteiger partial charge >= 0.3 is 0 Å². The molecule has 0 aliphatic heterocycles. The molecular formula is C17H17ClN2O2S. The van der Waals surface area contributed by atoms with Crippen LogP contribution in [0.3, 0.4) is 0 Å². The minimum absolute atomic E-state index is 0.115. The first-order chi connectivity index (χ1) is 11.2. The lowest BCUT2D eigenvalue weighted by molar-refractivity contribution is -0.120. The molecule has 1 N–H and O–H groups in total. The van der Waals surface area contributed by atoms with E-state index in [1.807, 2.05) is 48.5 Å². The Kier molecular flexibility index (Phi) is 6.97. The molecule has 0 saturated heterocycles. The third-order valence-electron chi connectivity index (χ3n) is 2.93. The van der Waals surface area contributed by atoms with E-state index in [-0.39, 0.29) is 5.91 Å². The zero-order valence-corrected chi connectivity index (χ0v) is 14.2. The highest BCUT2D eigenvalue weighted by Gasteiger charge is 2.01. The molecule has 0 aliphatic carbocycles. The SMILES string of the molecule is COc1ccc(/C=N\NC(=O)CCSc2ccc(Cl)cc2)cc1. The first kappa shape index (κ1) is 17.4. The van der Waals surface area contributed by atoms with Crippen LogP contribution in [0.15, 0.2) is 58.5 Å². The summed E-state index contributed by atoms with van der Waals surface area (Å²) in [5, 5.41) is 4.65. The van der Waals surface area contributed by atoms with Crippen LogP contribution in [0, 0.1) is 0 Å². The van der Waals surface area contributed by atoms with E-state index >= 15 is 0 Å². The van der Waals surface area contributed by atoms with Crippen molar-refractivity contribution in [3.8, 4) is 5.75 Å². The van der Waals surface area contributed by atoms with Crippen LogP contribution in [-0.4, -0.2) is 25.0 Å². The number of ether oxygens (including phenoxy) is 1. The molecule has 0 radical (unpaired) electrons. The summed E-state index contributed by atoms with van der Waals surface area (Å²) in [6.45, 7) is 0. The number of hydrazone groups is 1. The van der Waals surface area contributed by atoms with Crippen molar-refractivity contribution in [1.82, 2.24) is 5.43 Å². The summed E-state index contributed by atoms with van der Waals surface area (Å²) in [6, 6.07) is 15.0. The van der Waals surface area contributed by atoms with Crippen molar-refractivity contribution in [2.45, 2.75) is 11.3 Å². The van der Waals surface area contributed by atoms with E-state index in [1.165, 1.54) is 0 Å². The highest BCUT2D eigenvalue weighted by molar-refractivity contribution is 7.99. The molecule has 6 heteroatoms. The van der Waals surface area contributed by atoms with Gasteiger partial charge in [0.15, 0.2) is 0 Å². The lowest BCUT2D eigenvalue weighted by Gasteiger charge is -2.02. The van der Waals surface area contributed by atoms with Gasteiger partial charge in [0.1, 0.15) is 5.75 Å². The molecule has 0 aromatic heterocycles. The van der Waals surface area contributed by atoms with Gasteiger partial charge in [-0.25, -0.2) is 5.43 Å². The first-order valence-electron chi connectivity index (χ1n) is 7.02. The van der Waals surface area contributed by atoms with Gasteiger partial charge in [-0.05, 0) is 54.1 Å². The summed E-state index contributed by atoms with van der Waals surface area (Å²) < 4.78 is 5.08. The fraction of sp³-hybridized carbons (Fsp3) is 0.176. The van der Waals surface area contributed by atoms with Gasteiger partial charge in [-0.15, -0.1) is 11.8 Å². The van der Waals surface area contributed by atoms with Crippen LogP contribution in [0.1, 0.15) is 12.0 Å². The molecule has 0 saturated carbocycles. The fourth-order valence-electron chi connectivity index (χ4n) is 1.72. The van der Waals surface area contributed by atoms with Crippen LogP contribution in [0.2, 0.25) is 5.02 Å². The summed E-state index contributed by atoms with van der Waals surface area (Å²) >= 11 is 7.43. The van der Waals surface area contributed by atoms with Crippen LogP contribution in [0.4, 0.5) is 0 Å². The standard InChI is InChI=1S/C17H17ClN2O2S/c1-22-15-6-2-13(3-7-15)12-19-20-17(21)10-11-23-16-8-4-14(18)5-9-16/h2-9,12H,10-11H2,1H3,(H,20,21)/b19-12-. The molecule has 1 amide bonds. The molecule has 0 spiro atoms. The van der Waals surface area contributed by atoms with Gasteiger partial charge < -0.3 is 4.74 Å². The molecule has 0 atom stereocenters. The number of nitrogens with zero attached hydrogens (tertiary/aromatic N) is 1. The van der Waals surface area contributed by atoms with Gasteiger partial charge in [-0.1, -0.05) is 11.6 Å². The molecule has 0 heterocycles. The number of benzene rings is 2. The molecule has 0 bridgehead atoms. The minimum Gasteiger partial charge on any atom is -0.497 e. The number of hydrogen-bond acceptors (Lipinski definition) is 4. The second-order valence-corrected chi connectivity index (χ2v) is 6.22.